The third-order valence-electron chi connectivity index (χ3n) is 6.96. The van der Waals surface area contributed by atoms with E-state index in [9.17, 15) is 0 Å². The Morgan fingerprint density at radius 1 is 0.682 bits per heavy atom. The molecular weight excluding hydrogens is 264 g/mol. The zero-order valence-electron chi connectivity index (χ0n) is 15.8. The number of rotatable bonds is 9. The number of fused-ring (bicyclic) bond motifs is 1. The van der Waals surface area contributed by atoms with Gasteiger partial charge in [-0.3, -0.25) is 0 Å². The fourth-order valence-corrected chi connectivity index (χ4v) is 5.56. The summed E-state index contributed by atoms with van der Waals surface area (Å²) in [5.74, 6) is 5.36. The minimum Gasteiger partial charge on any atom is -0.0654 e. The van der Waals surface area contributed by atoms with E-state index in [1.54, 1.807) is 38.5 Å². The summed E-state index contributed by atoms with van der Waals surface area (Å²) >= 11 is 0. The van der Waals surface area contributed by atoms with Gasteiger partial charge in [0.25, 0.3) is 0 Å². The SMILES string of the molecule is CCCCCCCCC1CCC2CC(C)C(CCC)CC2C1. The van der Waals surface area contributed by atoms with Gasteiger partial charge in [-0.05, 0) is 55.3 Å². The molecule has 5 atom stereocenters. The van der Waals surface area contributed by atoms with Crippen molar-refractivity contribution in [2.75, 3.05) is 0 Å². The van der Waals surface area contributed by atoms with E-state index < -0.39 is 0 Å². The molecule has 0 spiro atoms. The molecule has 2 fully saturated rings. The van der Waals surface area contributed by atoms with Crippen molar-refractivity contribution in [3.05, 3.63) is 0 Å². The fraction of sp³-hybridized carbons (Fsp3) is 1.00. The molecule has 0 saturated heterocycles. The van der Waals surface area contributed by atoms with Crippen molar-refractivity contribution in [1.82, 2.24) is 0 Å². The Bertz CT molecular complexity index is 282. The zero-order chi connectivity index (χ0) is 15.8. The third-order valence-corrected chi connectivity index (χ3v) is 6.96. The summed E-state index contributed by atoms with van der Waals surface area (Å²) in [5, 5.41) is 0. The minimum absolute atomic E-state index is 1.01. The summed E-state index contributed by atoms with van der Waals surface area (Å²) in [6, 6.07) is 0. The van der Waals surface area contributed by atoms with Gasteiger partial charge in [-0.25, -0.2) is 0 Å². The molecular formula is C22H42. The molecule has 0 heteroatoms. The molecule has 5 unspecified atom stereocenters. The molecule has 0 amide bonds. The van der Waals surface area contributed by atoms with Crippen LogP contribution in [0.25, 0.3) is 0 Å². The van der Waals surface area contributed by atoms with Gasteiger partial charge in [0.05, 0.1) is 0 Å². The zero-order valence-corrected chi connectivity index (χ0v) is 15.8. The second-order valence-corrected chi connectivity index (χ2v) is 8.75. The maximum Gasteiger partial charge on any atom is -0.0380 e. The highest BCUT2D eigenvalue weighted by atomic mass is 14.4. The van der Waals surface area contributed by atoms with Gasteiger partial charge in [-0.1, -0.05) is 85.0 Å². The smallest absolute Gasteiger partial charge is 0.0380 e. The summed E-state index contributed by atoms with van der Waals surface area (Å²) in [7, 11) is 0. The van der Waals surface area contributed by atoms with Crippen molar-refractivity contribution >= 4 is 0 Å². The normalized spacial score (nSPS) is 35.3. The largest absolute Gasteiger partial charge is 0.0654 e. The van der Waals surface area contributed by atoms with E-state index in [2.05, 4.69) is 20.8 Å². The quantitative estimate of drug-likeness (QED) is 0.384. The van der Waals surface area contributed by atoms with E-state index in [-0.39, 0.29) is 0 Å². The molecule has 0 heterocycles. The second kappa shape index (κ2) is 9.99. The predicted octanol–water partition coefficient (Wildman–Crippen LogP) is 7.62. The molecule has 0 radical (unpaired) electrons. The van der Waals surface area contributed by atoms with Crippen LogP contribution >= 0.6 is 0 Å². The molecule has 22 heavy (non-hydrogen) atoms. The van der Waals surface area contributed by atoms with Crippen LogP contribution in [0.1, 0.15) is 111 Å². The summed E-state index contributed by atoms with van der Waals surface area (Å²) in [6.45, 7) is 7.23. The molecule has 2 aliphatic rings. The molecule has 0 aromatic heterocycles. The fourth-order valence-electron chi connectivity index (χ4n) is 5.56. The van der Waals surface area contributed by atoms with Gasteiger partial charge >= 0.3 is 0 Å². The highest BCUT2D eigenvalue weighted by Gasteiger charge is 2.37. The maximum absolute atomic E-state index is 2.54. The van der Waals surface area contributed by atoms with E-state index >= 15 is 0 Å². The Kier molecular flexibility index (Phi) is 8.33. The standard InChI is InChI=1S/C22H42/c1-4-6-7-8-9-10-12-19-13-14-21-15-18(3)20(11-5-2)17-22(21)16-19/h18-22H,4-17H2,1-3H3. The Morgan fingerprint density at radius 2 is 1.45 bits per heavy atom. The number of unbranched alkanes of at least 4 members (excludes halogenated alkanes) is 5. The molecule has 2 aliphatic carbocycles. The van der Waals surface area contributed by atoms with Gasteiger partial charge in [0.1, 0.15) is 0 Å². The lowest BCUT2D eigenvalue weighted by Gasteiger charge is -2.45. The highest BCUT2D eigenvalue weighted by molar-refractivity contribution is 4.88. The van der Waals surface area contributed by atoms with Crippen molar-refractivity contribution in [2.24, 2.45) is 29.6 Å². The monoisotopic (exact) mass is 306 g/mol. The van der Waals surface area contributed by atoms with Crippen LogP contribution in [0, 0.1) is 29.6 Å². The molecule has 2 rings (SSSR count). The minimum atomic E-state index is 1.01. The Balaban J connectivity index is 1.66. The van der Waals surface area contributed by atoms with Gasteiger partial charge in [-0.2, -0.15) is 0 Å². The van der Waals surface area contributed by atoms with Crippen LogP contribution in [-0.4, -0.2) is 0 Å². The molecule has 0 N–H and O–H groups in total. The van der Waals surface area contributed by atoms with E-state index in [1.165, 1.54) is 51.4 Å². The molecule has 2 saturated carbocycles. The van der Waals surface area contributed by atoms with Crippen LogP contribution in [0.5, 0.6) is 0 Å². The molecule has 130 valence electrons. The first-order valence-corrected chi connectivity index (χ1v) is 10.7. The van der Waals surface area contributed by atoms with Crippen LogP contribution in [0.2, 0.25) is 0 Å². The van der Waals surface area contributed by atoms with Gasteiger partial charge < -0.3 is 0 Å². The van der Waals surface area contributed by atoms with Gasteiger partial charge in [-0.15, -0.1) is 0 Å². The van der Waals surface area contributed by atoms with Crippen LogP contribution in [-0.2, 0) is 0 Å². The van der Waals surface area contributed by atoms with E-state index in [0.717, 1.165) is 29.6 Å². The van der Waals surface area contributed by atoms with Crippen molar-refractivity contribution < 1.29 is 0 Å². The maximum atomic E-state index is 2.54. The van der Waals surface area contributed by atoms with Crippen molar-refractivity contribution in [2.45, 2.75) is 111 Å². The molecule has 0 bridgehead atoms. The molecule has 0 aromatic carbocycles. The molecule has 0 aliphatic heterocycles. The first-order valence-electron chi connectivity index (χ1n) is 10.7. The first-order chi connectivity index (χ1) is 10.7. The van der Waals surface area contributed by atoms with Gasteiger partial charge in [0.15, 0.2) is 0 Å². The van der Waals surface area contributed by atoms with Crippen molar-refractivity contribution in [3.63, 3.8) is 0 Å². The molecule has 0 nitrogen and oxygen atoms in total. The van der Waals surface area contributed by atoms with Crippen LogP contribution in [0.3, 0.4) is 0 Å². The molecule has 0 aromatic rings. The van der Waals surface area contributed by atoms with Gasteiger partial charge in [0, 0.05) is 0 Å². The van der Waals surface area contributed by atoms with Crippen LogP contribution in [0.4, 0.5) is 0 Å². The van der Waals surface area contributed by atoms with Crippen molar-refractivity contribution in [3.8, 4) is 0 Å². The Hall–Kier alpha value is 0. The summed E-state index contributed by atoms with van der Waals surface area (Å²) < 4.78 is 0. The number of hydrogen-bond acceptors (Lipinski definition) is 0. The van der Waals surface area contributed by atoms with Crippen LogP contribution in [0.15, 0.2) is 0 Å². The van der Waals surface area contributed by atoms with Crippen LogP contribution < -0.4 is 0 Å². The summed E-state index contributed by atoms with van der Waals surface area (Å²) in [6.07, 6.45) is 21.1. The lowest BCUT2D eigenvalue weighted by Crippen LogP contribution is -2.35. The topological polar surface area (TPSA) is 0 Å². The lowest BCUT2D eigenvalue weighted by molar-refractivity contribution is 0.0561. The first kappa shape index (κ1) is 18.3. The predicted molar refractivity (Wildman–Crippen MR) is 99.1 cm³/mol. The second-order valence-electron chi connectivity index (χ2n) is 8.75. The Labute approximate surface area is 140 Å². The van der Waals surface area contributed by atoms with E-state index in [1.807, 2.05) is 0 Å². The highest BCUT2D eigenvalue weighted by Crippen LogP contribution is 2.48. The summed E-state index contributed by atoms with van der Waals surface area (Å²) in [4.78, 5) is 0. The average Bonchev–Trinajstić information content (AvgIpc) is 2.52. The van der Waals surface area contributed by atoms with Gasteiger partial charge in [0.2, 0.25) is 0 Å². The number of hydrogen-bond donors (Lipinski definition) is 0. The summed E-state index contributed by atoms with van der Waals surface area (Å²) in [5.41, 5.74) is 0. The van der Waals surface area contributed by atoms with Crippen molar-refractivity contribution in [1.29, 1.82) is 0 Å². The third kappa shape index (κ3) is 5.57. The average molecular weight is 307 g/mol. The van der Waals surface area contributed by atoms with E-state index in [0.29, 0.717) is 0 Å². The lowest BCUT2D eigenvalue weighted by atomic mass is 9.60. The Morgan fingerprint density at radius 3 is 2.23 bits per heavy atom. The van der Waals surface area contributed by atoms with E-state index in [4.69, 9.17) is 0 Å².